The van der Waals surface area contributed by atoms with Gasteiger partial charge in [0.2, 0.25) is 0 Å². The van der Waals surface area contributed by atoms with Crippen LogP contribution in [0.2, 0.25) is 0 Å². The molecule has 0 saturated carbocycles. The Morgan fingerprint density at radius 3 is 2.68 bits per heavy atom. The van der Waals surface area contributed by atoms with Gasteiger partial charge in [0.25, 0.3) is 11.5 Å². The fraction of sp³-hybridized carbons (Fsp3) is 0.167. The predicted molar refractivity (Wildman–Crippen MR) is 91.5 cm³/mol. The molecule has 0 fully saturated rings. The van der Waals surface area contributed by atoms with E-state index in [9.17, 15) is 9.59 Å². The quantitative estimate of drug-likeness (QED) is 0.742. The van der Waals surface area contributed by atoms with Crippen molar-refractivity contribution in [3.8, 4) is 17.0 Å². The number of aromatic nitrogens is 2. The van der Waals surface area contributed by atoms with Gasteiger partial charge in [-0.2, -0.15) is 5.10 Å². The number of furan rings is 1. The molecule has 2 heterocycles. The van der Waals surface area contributed by atoms with Crippen molar-refractivity contribution >= 4 is 5.91 Å². The molecule has 0 aliphatic heterocycles. The van der Waals surface area contributed by atoms with E-state index >= 15 is 0 Å². The van der Waals surface area contributed by atoms with Crippen LogP contribution in [-0.4, -0.2) is 29.3 Å². The lowest BCUT2D eigenvalue weighted by Gasteiger charge is -2.08. The van der Waals surface area contributed by atoms with Gasteiger partial charge in [-0.15, -0.1) is 0 Å². The van der Waals surface area contributed by atoms with Gasteiger partial charge in [-0.1, -0.05) is 0 Å². The number of methoxy groups -OCH3 is 1. The topological polar surface area (TPSA) is 86.4 Å². The molecule has 3 rings (SSSR count). The van der Waals surface area contributed by atoms with E-state index in [0.717, 1.165) is 11.3 Å². The van der Waals surface area contributed by atoms with Crippen LogP contribution in [0.3, 0.4) is 0 Å². The van der Waals surface area contributed by atoms with Crippen molar-refractivity contribution in [2.45, 2.75) is 6.54 Å². The maximum Gasteiger partial charge on any atom is 0.287 e. The normalized spacial score (nSPS) is 10.4. The van der Waals surface area contributed by atoms with E-state index in [1.54, 1.807) is 25.3 Å². The first kappa shape index (κ1) is 16.5. The monoisotopic (exact) mass is 339 g/mol. The van der Waals surface area contributed by atoms with Gasteiger partial charge in [0, 0.05) is 18.2 Å². The average molecular weight is 339 g/mol. The summed E-state index contributed by atoms with van der Waals surface area (Å²) in [6, 6.07) is 13.7. The van der Waals surface area contributed by atoms with Crippen LogP contribution in [0.25, 0.3) is 11.3 Å². The Morgan fingerprint density at radius 2 is 2.00 bits per heavy atom. The second-order valence-corrected chi connectivity index (χ2v) is 5.24. The molecule has 1 N–H and O–H groups in total. The number of hydrogen-bond acceptors (Lipinski definition) is 5. The Bertz CT molecular complexity index is 899. The van der Waals surface area contributed by atoms with E-state index in [2.05, 4.69) is 10.4 Å². The van der Waals surface area contributed by atoms with Gasteiger partial charge in [0.15, 0.2) is 5.76 Å². The first-order valence-corrected chi connectivity index (χ1v) is 7.71. The molecule has 1 aromatic carbocycles. The molecule has 0 atom stereocenters. The summed E-state index contributed by atoms with van der Waals surface area (Å²) in [5.41, 5.74) is 1.30. The Morgan fingerprint density at radius 1 is 1.20 bits per heavy atom. The molecule has 0 radical (unpaired) electrons. The molecule has 7 heteroatoms. The molecule has 0 unspecified atom stereocenters. The zero-order chi connectivity index (χ0) is 17.6. The zero-order valence-electron chi connectivity index (χ0n) is 13.6. The number of nitrogens with one attached hydrogen (secondary N) is 1. The number of hydrogen-bond donors (Lipinski definition) is 1. The fourth-order valence-corrected chi connectivity index (χ4v) is 2.30. The van der Waals surface area contributed by atoms with Gasteiger partial charge in [-0.3, -0.25) is 9.59 Å². The zero-order valence-corrected chi connectivity index (χ0v) is 13.6. The summed E-state index contributed by atoms with van der Waals surface area (Å²) in [4.78, 5) is 23.8. The van der Waals surface area contributed by atoms with Crippen LogP contribution in [0.1, 0.15) is 10.6 Å². The standard InChI is InChI=1S/C18H17N3O4/c1-24-14-6-4-13(5-7-14)15-8-9-17(22)21(20-15)11-10-19-18(23)16-3-2-12-25-16/h2-9,12H,10-11H2,1H3,(H,19,23). The van der Waals surface area contributed by atoms with Crippen molar-refractivity contribution < 1.29 is 13.9 Å². The summed E-state index contributed by atoms with van der Waals surface area (Å²) in [7, 11) is 1.60. The SMILES string of the molecule is COc1ccc(-c2ccc(=O)n(CCNC(=O)c3ccco3)n2)cc1. The third-order valence-electron chi connectivity index (χ3n) is 3.61. The van der Waals surface area contributed by atoms with E-state index in [1.165, 1.54) is 17.0 Å². The summed E-state index contributed by atoms with van der Waals surface area (Å²) >= 11 is 0. The minimum atomic E-state index is -0.329. The highest BCUT2D eigenvalue weighted by Crippen LogP contribution is 2.19. The largest absolute Gasteiger partial charge is 0.497 e. The summed E-state index contributed by atoms with van der Waals surface area (Å²) < 4.78 is 11.5. The van der Waals surface area contributed by atoms with Crippen LogP contribution in [0, 0.1) is 0 Å². The van der Waals surface area contributed by atoms with Gasteiger partial charge in [0.1, 0.15) is 5.75 Å². The number of carbonyl (C=O) groups is 1. The van der Waals surface area contributed by atoms with E-state index < -0.39 is 0 Å². The molecule has 0 saturated heterocycles. The molecule has 7 nitrogen and oxygen atoms in total. The lowest BCUT2D eigenvalue weighted by molar-refractivity contribution is 0.0924. The van der Waals surface area contributed by atoms with Crippen molar-refractivity contribution in [3.63, 3.8) is 0 Å². The molecule has 1 amide bonds. The van der Waals surface area contributed by atoms with Crippen LogP contribution in [0.5, 0.6) is 5.75 Å². The second-order valence-electron chi connectivity index (χ2n) is 5.24. The van der Waals surface area contributed by atoms with Crippen LogP contribution >= 0.6 is 0 Å². The van der Waals surface area contributed by atoms with Gasteiger partial charge >= 0.3 is 0 Å². The van der Waals surface area contributed by atoms with E-state index in [1.807, 2.05) is 24.3 Å². The Balaban J connectivity index is 1.69. The molecule has 0 aliphatic rings. The highest BCUT2D eigenvalue weighted by Gasteiger charge is 2.08. The molecular weight excluding hydrogens is 322 g/mol. The first-order chi connectivity index (χ1) is 12.2. The van der Waals surface area contributed by atoms with Crippen LogP contribution in [0.4, 0.5) is 0 Å². The Hall–Kier alpha value is -3.35. The van der Waals surface area contributed by atoms with Crippen molar-refractivity contribution in [2.24, 2.45) is 0 Å². The number of rotatable bonds is 6. The Labute approximate surface area is 143 Å². The van der Waals surface area contributed by atoms with Gasteiger partial charge in [-0.05, 0) is 42.5 Å². The molecule has 0 aliphatic carbocycles. The highest BCUT2D eigenvalue weighted by molar-refractivity contribution is 5.91. The Kier molecular flexibility index (Phi) is 4.94. The smallest absolute Gasteiger partial charge is 0.287 e. The summed E-state index contributed by atoms with van der Waals surface area (Å²) in [6.07, 6.45) is 1.43. The molecule has 25 heavy (non-hydrogen) atoms. The predicted octanol–water partition coefficient (Wildman–Crippen LogP) is 1.94. The minimum Gasteiger partial charge on any atom is -0.497 e. The fourth-order valence-electron chi connectivity index (χ4n) is 2.30. The van der Waals surface area contributed by atoms with Crippen LogP contribution in [0.15, 0.2) is 64.0 Å². The average Bonchev–Trinajstić information content (AvgIpc) is 3.18. The first-order valence-electron chi connectivity index (χ1n) is 7.71. The molecule has 128 valence electrons. The number of carbonyl (C=O) groups excluding carboxylic acids is 1. The molecule has 0 bridgehead atoms. The maximum absolute atomic E-state index is 12.0. The number of benzene rings is 1. The highest BCUT2D eigenvalue weighted by atomic mass is 16.5. The van der Waals surface area contributed by atoms with Crippen molar-refractivity contribution in [1.29, 1.82) is 0 Å². The van der Waals surface area contributed by atoms with Crippen molar-refractivity contribution in [2.75, 3.05) is 13.7 Å². The third-order valence-corrected chi connectivity index (χ3v) is 3.61. The number of ether oxygens (including phenoxy) is 1. The lowest BCUT2D eigenvalue weighted by Crippen LogP contribution is -2.31. The second kappa shape index (κ2) is 7.48. The van der Waals surface area contributed by atoms with Crippen molar-refractivity contribution in [3.05, 3.63) is 70.9 Å². The lowest BCUT2D eigenvalue weighted by atomic mass is 10.1. The van der Waals surface area contributed by atoms with Gasteiger partial charge < -0.3 is 14.5 Å². The third kappa shape index (κ3) is 3.95. The number of amides is 1. The molecule has 0 spiro atoms. The van der Waals surface area contributed by atoms with E-state index in [4.69, 9.17) is 9.15 Å². The summed E-state index contributed by atoms with van der Waals surface area (Å²) in [5.74, 6) is 0.648. The summed E-state index contributed by atoms with van der Waals surface area (Å²) in [6.45, 7) is 0.522. The van der Waals surface area contributed by atoms with E-state index in [-0.39, 0.29) is 30.3 Å². The minimum absolute atomic E-state index is 0.229. The molecular formula is C18H17N3O4. The molecule has 3 aromatic rings. The van der Waals surface area contributed by atoms with Crippen LogP contribution < -0.4 is 15.6 Å². The van der Waals surface area contributed by atoms with Gasteiger partial charge in [0.05, 0.1) is 25.6 Å². The maximum atomic E-state index is 12.0. The molecule has 2 aromatic heterocycles. The van der Waals surface area contributed by atoms with Crippen molar-refractivity contribution in [1.82, 2.24) is 15.1 Å². The number of nitrogens with zero attached hydrogens (tertiary/aromatic N) is 2. The van der Waals surface area contributed by atoms with Gasteiger partial charge in [-0.25, -0.2) is 4.68 Å². The summed E-state index contributed by atoms with van der Waals surface area (Å²) in [5, 5.41) is 7.03. The van der Waals surface area contributed by atoms with Crippen LogP contribution in [-0.2, 0) is 6.54 Å². The van der Waals surface area contributed by atoms with E-state index in [0.29, 0.717) is 5.69 Å².